The normalized spacial score (nSPS) is 14.0. The first-order chi connectivity index (χ1) is 10.5. The predicted molar refractivity (Wildman–Crippen MR) is 93.9 cm³/mol. The van der Waals surface area contributed by atoms with E-state index in [9.17, 15) is 4.79 Å². The third-order valence-electron chi connectivity index (χ3n) is 3.42. The minimum absolute atomic E-state index is 0.200. The highest BCUT2D eigenvalue weighted by molar-refractivity contribution is 9.10. The minimum Gasteiger partial charge on any atom is -0.465 e. The van der Waals surface area contributed by atoms with Gasteiger partial charge in [0.05, 0.1) is 6.61 Å². The highest BCUT2D eigenvalue weighted by atomic mass is 79.9. The Bertz CT molecular complexity index is 731. The number of hydrogen-bond acceptors (Lipinski definition) is 4. The first-order valence-corrected chi connectivity index (χ1v) is 9.38. The van der Waals surface area contributed by atoms with Crippen LogP contribution in [0.3, 0.4) is 0 Å². The van der Waals surface area contributed by atoms with E-state index in [4.69, 9.17) is 4.74 Å². The summed E-state index contributed by atoms with van der Waals surface area (Å²) in [6.07, 6.45) is 0. The molecule has 22 heavy (non-hydrogen) atoms. The lowest BCUT2D eigenvalue weighted by Crippen LogP contribution is -2.08. The highest BCUT2D eigenvalue weighted by Gasteiger charge is 2.19. The maximum absolute atomic E-state index is 10.9. The third-order valence-corrected chi connectivity index (χ3v) is 6.44. The Morgan fingerprint density at radius 3 is 2.41 bits per heavy atom. The van der Waals surface area contributed by atoms with Gasteiger partial charge in [0.1, 0.15) is 0 Å². The van der Waals surface area contributed by atoms with Crippen molar-refractivity contribution in [3.05, 3.63) is 46.4 Å². The quantitative estimate of drug-likeness (QED) is 0.529. The number of hydrogen-bond donors (Lipinski definition) is 0. The van der Waals surface area contributed by atoms with E-state index >= 15 is 0 Å². The second-order valence-electron chi connectivity index (χ2n) is 5.20. The van der Waals surface area contributed by atoms with E-state index in [0.717, 1.165) is 4.47 Å². The molecular weight excluding hydrogens is 380 g/mol. The van der Waals surface area contributed by atoms with E-state index < -0.39 is 0 Å². The molecule has 114 valence electrons. The van der Waals surface area contributed by atoms with Crippen LogP contribution < -0.4 is 0 Å². The molecule has 0 bridgehead atoms. The number of ether oxygens (including phenoxy) is 1. The van der Waals surface area contributed by atoms with Gasteiger partial charge in [0, 0.05) is 36.9 Å². The SMILES string of the molecule is CC(=O)OCC(C)c1ccc2c(c1)Sc1ccc(Br)cc1S2. The van der Waals surface area contributed by atoms with Crippen molar-refractivity contribution in [3.63, 3.8) is 0 Å². The molecule has 5 heteroatoms. The molecule has 1 aliphatic heterocycles. The molecular formula is C17H15BrO2S2. The molecule has 0 N–H and O–H groups in total. The fourth-order valence-corrected chi connectivity index (χ4v) is 5.01. The van der Waals surface area contributed by atoms with Gasteiger partial charge in [-0.1, -0.05) is 52.4 Å². The molecule has 0 aliphatic carbocycles. The molecule has 0 radical (unpaired) electrons. The largest absolute Gasteiger partial charge is 0.465 e. The lowest BCUT2D eigenvalue weighted by Gasteiger charge is -2.20. The van der Waals surface area contributed by atoms with Crippen LogP contribution in [0.5, 0.6) is 0 Å². The fourth-order valence-electron chi connectivity index (χ4n) is 2.22. The molecule has 0 spiro atoms. The summed E-state index contributed by atoms with van der Waals surface area (Å²) in [6.45, 7) is 3.95. The summed E-state index contributed by atoms with van der Waals surface area (Å²) in [7, 11) is 0. The van der Waals surface area contributed by atoms with Gasteiger partial charge in [0.2, 0.25) is 0 Å². The molecule has 0 amide bonds. The van der Waals surface area contributed by atoms with Gasteiger partial charge in [-0.15, -0.1) is 0 Å². The Hall–Kier alpha value is -0.910. The Labute approximate surface area is 147 Å². The summed E-state index contributed by atoms with van der Waals surface area (Å²) in [5.41, 5.74) is 1.20. The Morgan fingerprint density at radius 2 is 1.73 bits per heavy atom. The minimum atomic E-state index is -0.228. The fraction of sp³-hybridized carbons (Fsp3) is 0.235. The summed E-state index contributed by atoms with van der Waals surface area (Å²) in [5.74, 6) is -0.0274. The summed E-state index contributed by atoms with van der Waals surface area (Å²) in [5, 5.41) is 0. The predicted octanol–water partition coefficient (Wildman–Crippen LogP) is 5.73. The van der Waals surface area contributed by atoms with Gasteiger partial charge in [-0.2, -0.15) is 0 Å². The standard InChI is InChI=1S/C17H15BrO2S2/c1-10(9-20-11(2)19)12-3-5-14-16(7-12)21-15-6-4-13(18)8-17(15)22-14/h3-8,10H,9H2,1-2H3. The number of rotatable bonds is 3. The van der Waals surface area contributed by atoms with Crippen molar-refractivity contribution in [3.8, 4) is 0 Å². The van der Waals surface area contributed by atoms with Crippen LogP contribution >= 0.6 is 39.5 Å². The van der Waals surface area contributed by atoms with Crippen molar-refractivity contribution in [2.75, 3.05) is 6.61 Å². The molecule has 2 aromatic rings. The molecule has 0 saturated heterocycles. The van der Waals surface area contributed by atoms with Crippen molar-refractivity contribution in [2.24, 2.45) is 0 Å². The molecule has 1 heterocycles. The van der Waals surface area contributed by atoms with Gasteiger partial charge in [-0.3, -0.25) is 4.79 Å². The Kier molecular flexibility index (Phi) is 4.85. The van der Waals surface area contributed by atoms with Gasteiger partial charge in [0.15, 0.2) is 0 Å². The van der Waals surface area contributed by atoms with Crippen molar-refractivity contribution in [1.82, 2.24) is 0 Å². The zero-order chi connectivity index (χ0) is 15.7. The summed E-state index contributed by atoms with van der Waals surface area (Å²) < 4.78 is 6.22. The second kappa shape index (κ2) is 6.69. The van der Waals surface area contributed by atoms with Crippen molar-refractivity contribution in [1.29, 1.82) is 0 Å². The van der Waals surface area contributed by atoms with Crippen LogP contribution in [-0.4, -0.2) is 12.6 Å². The van der Waals surface area contributed by atoms with Crippen LogP contribution in [0.1, 0.15) is 25.3 Å². The third kappa shape index (κ3) is 3.53. The molecule has 3 rings (SSSR count). The molecule has 1 aliphatic rings. The van der Waals surface area contributed by atoms with Crippen LogP contribution in [0.2, 0.25) is 0 Å². The summed E-state index contributed by atoms with van der Waals surface area (Å²) >= 11 is 7.12. The van der Waals surface area contributed by atoms with Gasteiger partial charge >= 0.3 is 5.97 Å². The molecule has 0 fully saturated rings. The number of carbonyl (C=O) groups excluding carboxylic acids is 1. The van der Waals surface area contributed by atoms with E-state index in [1.807, 2.05) is 0 Å². The average molecular weight is 395 g/mol. The number of esters is 1. The van der Waals surface area contributed by atoms with Crippen molar-refractivity contribution in [2.45, 2.75) is 39.3 Å². The molecule has 2 aromatic carbocycles. The van der Waals surface area contributed by atoms with Crippen LogP contribution in [0.25, 0.3) is 0 Å². The molecule has 2 nitrogen and oxygen atoms in total. The van der Waals surface area contributed by atoms with Gasteiger partial charge in [0.25, 0.3) is 0 Å². The average Bonchev–Trinajstić information content (AvgIpc) is 2.50. The van der Waals surface area contributed by atoms with E-state index in [-0.39, 0.29) is 11.9 Å². The Balaban J connectivity index is 1.82. The van der Waals surface area contributed by atoms with Crippen molar-refractivity contribution >= 4 is 45.4 Å². The Morgan fingerprint density at radius 1 is 1.09 bits per heavy atom. The highest BCUT2D eigenvalue weighted by Crippen LogP contribution is 2.49. The van der Waals surface area contributed by atoms with E-state index in [1.165, 1.54) is 32.1 Å². The van der Waals surface area contributed by atoms with Crippen LogP contribution in [0.4, 0.5) is 0 Å². The van der Waals surface area contributed by atoms with E-state index in [2.05, 4.69) is 59.3 Å². The monoisotopic (exact) mass is 394 g/mol. The van der Waals surface area contributed by atoms with Crippen molar-refractivity contribution < 1.29 is 9.53 Å². The number of benzene rings is 2. The smallest absolute Gasteiger partial charge is 0.302 e. The van der Waals surface area contributed by atoms with Gasteiger partial charge in [-0.25, -0.2) is 0 Å². The molecule has 1 atom stereocenters. The zero-order valence-corrected chi connectivity index (χ0v) is 15.5. The number of fused-ring (bicyclic) bond motifs is 2. The van der Waals surface area contributed by atoms with Crippen LogP contribution in [0, 0.1) is 0 Å². The van der Waals surface area contributed by atoms with Crippen LogP contribution in [0.15, 0.2) is 60.5 Å². The molecule has 0 saturated carbocycles. The number of carbonyl (C=O) groups is 1. The first-order valence-electron chi connectivity index (χ1n) is 6.95. The second-order valence-corrected chi connectivity index (χ2v) is 8.29. The maximum atomic E-state index is 10.9. The maximum Gasteiger partial charge on any atom is 0.302 e. The summed E-state index contributed by atoms with van der Waals surface area (Å²) in [4.78, 5) is 16.1. The summed E-state index contributed by atoms with van der Waals surface area (Å²) in [6, 6.07) is 12.9. The topological polar surface area (TPSA) is 26.3 Å². The zero-order valence-electron chi connectivity index (χ0n) is 12.3. The lowest BCUT2D eigenvalue weighted by atomic mass is 10.0. The number of halogens is 1. The van der Waals surface area contributed by atoms with Crippen LogP contribution in [-0.2, 0) is 9.53 Å². The lowest BCUT2D eigenvalue weighted by molar-refractivity contribution is -0.141. The van der Waals surface area contributed by atoms with E-state index in [1.54, 1.807) is 23.5 Å². The first kappa shape index (κ1) is 16.0. The molecule has 1 unspecified atom stereocenters. The van der Waals surface area contributed by atoms with Gasteiger partial charge in [-0.05, 0) is 35.9 Å². The van der Waals surface area contributed by atoms with Gasteiger partial charge < -0.3 is 4.74 Å². The van der Waals surface area contributed by atoms with E-state index in [0.29, 0.717) is 6.61 Å². The molecule has 0 aromatic heterocycles.